The highest BCUT2D eigenvalue weighted by Crippen LogP contribution is 2.16. The van der Waals surface area contributed by atoms with Crippen LogP contribution in [0.2, 0.25) is 0 Å². The van der Waals surface area contributed by atoms with Gasteiger partial charge in [0, 0.05) is 38.1 Å². The van der Waals surface area contributed by atoms with E-state index in [9.17, 15) is 9.59 Å². The molecule has 0 saturated carbocycles. The molecule has 3 heterocycles. The molecule has 0 aliphatic carbocycles. The van der Waals surface area contributed by atoms with Gasteiger partial charge in [-0.1, -0.05) is 11.6 Å². The molecule has 0 spiro atoms. The number of unbranched alkanes of at least 4 members (excludes halogenated alkanes) is 1. The number of carbonyl (C=O) groups excluding carboxylic acids is 2. The lowest BCUT2D eigenvalue weighted by Crippen LogP contribution is -2.37. The molecule has 1 fully saturated rings. The first kappa shape index (κ1) is 36.2. The number of carbonyl (C=O) groups is 2. The van der Waals surface area contributed by atoms with E-state index in [0.29, 0.717) is 6.54 Å². The molecule has 2 aliphatic rings. The number of aliphatic imine (C=N–C) groups is 1. The van der Waals surface area contributed by atoms with Gasteiger partial charge >= 0.3 is 12.2 Å². The molecule has 3 rings (SSSR count). The van der Waals surface area contributed by atoms with Gasteiger partial charge in [-0.15, -0.1) is 0 Å². The Morgan fingerprint density at radius 1 is 1.10 bits per heavy atom. The van der Waals surface area contributed by atoms with Gasteiger partial charge in [0.15, 0.2) is 0 Å². The first-order valence-corrected chi connectivity index (χ1v) is 14.3. The Bertz CT molecular complexity index is 973. The van der Waals surface area contributed by atoms with Crippen molar-refractivity contribution in [2.24, 2.45) is 10.7 Å². The Hall–Kier alpha value is -2.80. The van der Waals surface area contributed by atoms with E-state index in [2.05, 4.69) is 30.9 Å². The summed E-state index contributed by atoms with van der Waals surface area (Å²) in [4.78, 5) is 39.5. The van der Waals surface area contributed by atoms with Gasteiger partial charge in [0.05, 0.1) is 25.5 Å². The number of rotatable bonds is 7. The summed E-state index contributed by atoms with van der Waals surface area (Å²) in [5.74, 6) is 0.825. The molecular weight excluding hydrogens is 550 g/mol. The summed E-state index contributed by atoms with van der Waals surface area (Å²) in [5, 5.41) is 2.72. The molecule has 1 aromatic rings. The van der Waals surface area contributed by atoms with Gasteiger partial charge in [-0.25, -0.2) is 24.5 Å². The Kier molecular flexibility index (Phi) is 16.4. The molecule has 0 aromatic carbocycles. The number of nitrogens with two attached hydrogens (primary N) is 1. The van der Waals surface area contributed by atoms with E-state index in [1.807, 2.05) is 26.8 Å². The minimum absolute atomic E-state index is 0.345. The number of nitrogens with one attached hydrogen (secondary N) is 1. The van der Waals surface area contributed by atoms with Crippen LogP contribution in [0.15, 0.2) is 29.5 Å². The maximum Gasteiger partial charge on any atom is 0.417 e. The van der Waals surface area contributed by atoms with E-state index in [-0.39, 0.29) is 0 Å². The number of allylic oxidation sites excluding steroid dienone is 1. The largest absolute Gasteiger partial charge is 0.444 e. The van der Waals surface area contributed by atoms with Crippen molar-refractivity contribution in [1.29, 1.82) is 0 Å². The fourth-order valence-electron chi connectivity index (χ4n) is 3.44. The molecule has 1 unspecified atom stereocenters. The number of nitrogens with zero attached hydrogens (tertiary/aromatic N) is 5. The summed E-state index contributed by atoms with van der Waals surface area (Å²) in [6.07, 6.45) is 8.56. The Morgan fingerprint density at radius 3 is 2.37 bits per heavy atom. The number of hydrogen-bond acceptors (Lipinski definition) is 10. The van der Waals surface area contributed by atoms with Crippen LogP contribution in [0.4, 0.5) is 9.59 Å². The highest BCUT2D eigenvalue weighted by atomic mass is 35.5. The summed E-state index contributed by atoms with van der Waals surface area (Å²) in [7, 11) is 1.50. The quantitative estimate of drug-likeness (QED) is 0.270. The minimum atomic E-state index is -0.713. The van der Waals surface area contributed by atoms with Gasteiger partial charge in [0.1, 0.15) is 17.0 Å². The molecule has 0 bridgehead atoms. The molecule has 0 radical (unpaired) electrons. The van der Waals surface area contributed by atoms with Crippen molar-refractivity contribution < 1.29 is 23.8 Å². The predicted molar refractivity (Wildman–Crippen MR) is 161 cm³/mol. The van der Waals surface area contributed by atoms with Crippen LogP contribution in [0, 0.1) is 0 Å². The molecule has 2 amide bonds. The van der Waals surface area contributed by atoms with E-state index in [0.717, 1.165) is 63.6 Å². The third-order valence-corrected chi connectivity index (χ3v) is 5.50. The molecule has 1 atom stereocenters. The minimum Gasteiger partial charge on any atom is -0.444 e. The fourth-order valence-corrected chi connectivity index (χ4v) is 3.65. The zero-order valence-electron chi connectivity index (χ0n) is 25.6. The first-order valence-electron chi connectivity index (χ1n) is 13.8. The number of hydrogen-bond donors (Lipinski definition) is 2. The van der Waals surface area contributed by atoms with Gasteiger partial charge in [0.25, 0.3) is 0 Å². The van der Waals surface area contributed by atoms with Crippen LogP contribution < -0.4 is 11.1 Å². The lowest BCUT2D eigenvalue weighted by molar-refractivity contribution is 0.0317. The number of aryl methyl sites for hydroxylation is 1. The zero-order chi connectivity index (χ0) is 30.9. The van der Waals surface area contributed by atoms with Crippen molar-refractivity contribution in [1.82, 2.24) is 25.1 Å². The van der Waals surface area contributed by atoms with Crippen molar-refractivity contribution in [2.75, 3.05) is 39.9 Å². The Morgan fingerprint density at radius 2 is 1.76 bits per heavy atom. The van der Waals surface area contributed by atoms with Gasteiger partial charge < -0.3 is 25.3 Å². The number of ether oxygens (including phenoxy) is 3. The Balaban J connectivity index is 0.000000445. The van der Waals surface area contributed by atoms with Crippen molar-refractivity contribution >= 4 is 30.0 Å². The Labute approximate surface area is 249 Å². The van der Waals surface area contributed by atoms with Crippen LogP contribution in [0.25, 0.3) is 0 Å². The highest BCUT2D eigenvalue weighted by molar-refractivity contribution is 6.21. The molecule has 1 saturated heterocycles. The smallest absolute Gasteiger partial charge is 0.417 e. The number of alkyl carbamates (subject to hydrolysis) is 1. The van der Waals surface area contributed by atoms with Crippen LogP contribution in [0.1, 0.15) is 65.9 Å². The van der Waals surface area contributed by atoms with Crippen LogP contribution in [0.3, 0.4) is 0 Å². The number of alkyl halides is 1. The van der Waals surface area contributed by atoms with E-state index in [4.69, 9.17) is 25.8 Å². The van der Waals surface area contributed by atoms with E-state index >= 15 is 0 Å². The standard InChI is InChI=1S/C18H30N4O3.C9H13ClN2O2.CH5N/c1-18(2,3)25-17(23)20-14-15-7-8-19-16(21-15)6-4-5-9-22-10-12-24-13-11-22;1-9(2,3)14-8(13)12-6-4-5-11-7(12)10;1-2/h7-8H,4-6,9-14H2,1-3H3,(H,20,23);4-7H,1-3H3;2H2,1H3. The highest BCUT2D eigenvalue weighted by Gasteiger charge is 2.25. The summed E-state index contributed by atoms with van der Waals surface area (Å²) in [6, 6.07) is 1.81. The summed E-state index contributed by atoms with van der Waals surface area (Å²) >= 11 is 5.78. The third-order valence-electron chi connectivity index (χ3n) is 5.18. The molecule has 13 heteroatoms. The molecule has 232 valence electrons. The third kappa shape index (κ3) is 16.9. The van der Waals surface area contributed by atoms with Crippen molar-refractivity contribution in [3.8, 4) is 0 Å². The molecule has 41 heavy (non-hydrogen) atoms. The summed E-state index contributed by atoms with van der Waals surface area (Å²) in [5.41, 5.74) is 3.56. The second-order valence-corrected chi connectivity index (χ2v) is 11.5. The fraction of sp³-hybridized carbons (Fsp3) is 0.679. The van der Waals surface area contributed by atoms with E-state index in [1.54, 1.807) is 45.5 Å². The average molecular weight is 598 g/mol. The van der Waals surface area contributed by atoms with Gasteiger partial charge in [-0.2, -0.15) is 0 Å². The van der Waals surface area contributed by atoms with Gasteiger partial charge in [0.2, 0.25) is 5.62 Å². The SMILES string of the molecule is CC(C)(C)OC(=O)N1C=CC=NC1Cl.CC(C)(C)OC(=O)NCc1ccnc(CCCCN2CCOCC2)n1.CN. The topological polar surface area (TPSA) is 144 Å². The second kappa shape index (κ2) is 18.6. The number of amides is 2. The molecule has 2 aliphatic heterocycles. The average Bonchev–Trinajstić information content (AvgIpc) is 2.91. The maximum atomic E-state index is 11.7. The number of halogens is 1. The number of aromatic nitrogens is 2. The molecule has 1 aromatic heterocycles. The first-order chi connectivity index (χ1) is 19.3. The molecular formula is C28H48ClN7O5. The van der Waals surface area contributed by atoms with Crippen LogP contribution >= 0.6 is 11.6 Å². The predicted octanol–water partition coefficient (Wildman–Crippen LogP) is 4.08. The zero-order valence-corrected chi connectivity index (χ0v) is 26.3. The van der Waals surface area contributed by atoms with Crippen LogP contribution in [-0.4, -0.2) is 94.9 Å². The van der Waals surface area contributed by atoms with Crippen molar-refractivity contribution in [3.05, 3.63) is 36.1 Å². The second-order valence-electron chi connectivity index (χ2n) is 11.1. The molecule has 3 N–H and O–H groups in total. The maximum absolute atomic E-state index is 11.7. The lowest BCUT2D eigenvalue weighted by atomic mass is 10.2. The van der Waals surface area contributed by atoms with Crippen LogP contribution in [0.5, 0.6) is 0 Å². The van der Waals surface area contributed by atoms with E-state index < -0.39 is 29.0 Å². The number of morpholine rings is 1. The molecule has 12 nitrogen and oxygen atoms in total. The van der Waals surface area contributed by atoms with Gasteiger partial charge in [-0.3, -0.25) is 9.89 Å². The normalized spacial score (nSPS) is 17.0. The van der Waals surface area contributed by atoms with E-state index in [1.165, 1.54) is 11.9 Å². The summed E-state index contributed by atoms with van der Waals surface area (Å²) in [6.45, 7) is 16.1. The van der Waals surface area contributed by atoms with Gasteiger partial charge in [-0.05, 0) is 80.1 Å². The van der Waals surface area contributed by atoms with Crippen molar-refractivity contribution in [2.45, 2.75) is 84.2 Å². The lowest BCUT2D eigenvalue weighted by Gasteiger charge is -2.27. The monoisotopic (exact) mass is 597 g/mol. The van der Waals surface area contributed by atoms with Crippen molar-refractivity contribution in [3.63, 3.8) is 0 Å². The summed E-state index contributed by atoms with van der Waals surface area (Å²) < 4.78 is 15.7. The van der Waals surface area contributed by atoms with Crippen LogP contribution in [-0.2, 0) is 27.2 Å².